The molecule has 0 spiro atoms. The van der Waals surface area contributed by atoms with Crippen LogP contribution < -0.4 is 11.1 Å². The van der Waals surface area contributed by atoms with E-state index >= 15 is 0 Å². The van der Waals surface area contributed by atoms with E-state index in [1.54, 1.807) is 0 Å². The molecule has 1 atom stereocenters. The van der Waals surface area contributed by atoms with Crippen LogP contribution in [0.15, 0.2) is 24.3 Å². The fourth-order valence-electron chi connectivity index (χ4n) is 3.02. The van der Waals surface area contributed by atoms with Crippen molar-refractivity contribution >= 4 is 11.6 Å². The smallest absolute Gasteiger partial charge is 0.228 e. The molecular weight excluding hydrogens is 236 g/mol. The van der Waals surface area contributed by atoms with E-state index in [1.165, 1.54) is 6.42 Å². The van der Waals surface area contributed by atoms with Crippen molar-refractivity contribution < 1.29 is 4.79 Å². The number of benzene rings is 1. The van der Waals surface area contributed by atoms with E-state index in [4.69, 9.17) is 5.73 Å². The Morgan fingerprint density at radius 1 is 1.37 bits per heavy atom. The lowest BCUT2D eigenvalue weighted by atomic mass is 9.68. The van der Waals surface area contributed by atoms with Gasteiger partial charge >= 0.3 is 0 Å². The van der Waals surface area contributed by atoms with E-state index in [1.807, 2.05) is 24.3 Å². The van der Waals surface area contributed by atoms with Crippen molar-refractivity contribution in [1.29, 1.82) is 0 Å². The van der Waals surface area contributed by atoms with Gasteiger partial charge in [-0.25, -0.2) is 0 Å². The molecule has 3 N–H and O–H groups in total. The Bertz CT molecular complexity index is 454. The van der Waals surface area contributed by atoms with Gasteiger partial charge in [0.15, 0.2) is 0 Å². The Morgan fingerprint density at radius 2 is 2.11 bits per heavy atom. The molecule has 0 aromatic heterocycles. The number of anilines is 1. The van der Waals surface area contributed by atoms with E-state index in [9.17, 15) is 4.79 Å². The number of hydrogen-bond donors (Lipinski definition) is 2. The van der Waals surface area contributed by atoms with Gasteiger partial charge < -0.3 is 11.1 Å². The molecule has 1 aromatic rings. The lowest BCUT2D eigenvalue weighted by molar-refractivity contribution is -0.124. The topological polar surface area (TPSA) is 55.1 Å². The zero-order valence-corrected chi connectivity index (χ0v) is 11.9. The highest BCUT2D eigenvalue weighted by Gasteiger charge is 2.37. The minimum atomic E-state index is 0.0972. The van der Waals surface area contributed by atoms with Gasteiger partial charge in [-0.1, -0.05) is 44.9 Å². The first-order chi connectivity index (χ1) is 9.04. The van der Waals surface area contributed by atoms with Gasteiger partial charge in [0.1, 0.15) is 0 Å². The van der Waals surface area contributed by atoms with Crippen molar-refractivity contribution in [2.24, 2.45) is 17.1 Å². The highest BCUT2D eigenvalue weighted by atomic mass is 16.1. The van der Waals surface area contributed by atoms with Gasteiger partial charge in [-0.3, -0.25) is 4.79 Å². The van der Waals surface area contributed by atoms with E-state index in [2.05, 4.69) is 19.2 Å². The van der Waals surface area contributed by atoms with Gasteiger partial charge in [0.05, 0.1) is 0 Å². The van der Waals surface area contributed by atoms with Crippen LogP contribution in [0.5, 0.6) is 0 Å². The average molecular weight is 260 g/mol. The largest absolute Gasteiger partial charge is 0.326 e. The van der Waals surface area contributed by atoms with Gasteiger partial charge in [-0.15, -0.1) is 0 Å². The highest BCUT2D eigenvalue weighted by Crippen LogP contribution is 2.41. The summed E-state index contributed by atoms with van der Waals surface area (Å²) in [7, 11) is 0. The standard InChI is InChI=1S/C16H24N2O/c1-16(2)10-6-5-8-13(16)15(19)18-14-9-4-3-7-12(14)11-17/h3-4,7,9,13H,5-6,8,10-11,17H2,1-2H3,(H,18,19). The molecule has 1 aliphatic carbocycles. The summed E-state index contributed by atoms with van der Waals surface area (Å²) in [5, 5.41) is 3.07. The molecule has 3 nitrogen and oxygen atoms in total. The summed E-state index contributed by atoms with van der Waals surface area (Å²) in [6.07, 6.45) is 4.50. The molecule has 1 amide bonds. The number of nitrogens with two attached hydrogens (primary N) is 1. The molecule has 3 heteroatoms. The molecule has 1 fully saturated rings. The molecule has 1 saturated carbocycles. The summed E-state index contributed by atoms with van der Waals surface area (Å²) in [4.78, 5) is 12.5. The molecule has 0 bridgehead atoms. The van der Waals surface area contributed by atoms with Gasteiger partial charge in [-0.05, 0) is 29.9 Å². The van der Waals surface area contributed by atoms with E-state index in [0.29, 0.717) is 6.54 Å². The minimum absolute atomic E-state index is 0.0972. The predicted molar refractivity (Wildman–Crippen MR) is 78.7 cm³/mol. The summed E-state index contributed by atoms with van der Waals surface area (Å²) in [5.74, 6) is 0.248. The van der Waals surface area contributed by atoms with Crippen LogP contribution in [0.3, 0.4) is 0 Å². The number of carbonyl (C=O) groups excluding carboxylic acids is 1. The zero-order chi connectivity index (χ0) is 13.9. The third-order valence-corrected chi connectivity index (χ3v) is 4.32. The van der Waals surface area contributed by atoms with Crippen molar-refractivity contribution in [2.45, 2.75) is 46.1 Å². The molecule has 0 saturated heterocycles. The monoisotopic (exact) mass is 260 g/mol. The lowest BCUT2D eigenvalue weighted by Crippen LogP contribution is -2.37. The first-order valence-corrected chi connectivity index (χ1v) is 7.13. The maximum absolute atomic E-state index is 12.5. The van der Waals surface area contributed by atoms with Gasteiger partial charge in [0, 0.05) is 18.2 Å². The number of hydrogen-bond acceptors (Lipinski definition) is 2. The number of nitrogens with one attached hydrogen (secondary N) is 1. The van der Waals surface area contributed by atoms with Crippen LogP contribution >= 0.6 is 0 Å². The van der Waals surface area contributed by atoms with Crippen LogP contribution in [0.25, 0.3) is 0 Å². The summed E-state index contributed by atoms with van der Waals surface area (Å²) in [6.45, 7) is 4.85. The van der Waals surface area contributed by atoms with Crippen LogP contribution in [-0.4, -0.2) is 5.91 Å². The Kier molecular flexibility index (Phi) is 4.25. The summed E-state index contributed by atoms with van der Waals surface area (Å²) >= 11 is 0. The molecule has 1 unspecified atom stereocenters. The Morgan fingerprint density at radius 3 is 2.79 bits per heavy atom. The SMILES string of the molecule is CC1(C)CCCCC1C(=O)Nc1ccccc1CN. The first kappa shape index (κ1) is 14.1. The van der Waals surface area contributed by atoms with Crippen LogP contribution in [0.4, 0.5) is 5.69 Å². The molecule has 0 radical (unpaired) electrons. The molecule has 0 aliphatic heterocycles. The number of rotatable bonds is 3. The summed E-state index contributed by atoms with van der Waals surface area (Å²) in [6, 6.07) is 7.76. The fraction of sp³-hybridized carbons (Fsp3) is 0.562. The van der Waals surface area contributed by atoms with Crippen molar-refractivity contribution in [3.63, 3.8) is 0 Å². The summed E-state index contributed by atoms with van der Waals surface area (Å²) in [5.41, 5.74) is 7.65. The Labute approximate surface area is 115 Å². The van der Waals surface area contributed by atoms with E-state index < -0.39 is 0 Å². The van der Waals surface area contributed by atoms with Gasteiger partial charge in [0.25, 0.3) is 0 Å². The van der Waals surface area contributed by atoms with Gasteiger partial charge in [0.2, 0.25) is 5.91 Å². The molecule has 1 aromatic carbocycles. The minimum Gasteiger partial charge on any atom is -0.326 e. The number of para-hydroxylation sites is 1. The second-order valence-electron chi connectivity index (χ2n) is 6.14. The second-order valence-corrected chi connectivity index (χ2v) is 6.14. The second kappa shape index (κ2) is 5.74. The van der Waals surface area contributed by atoms with Crippen LogP contribution in [-0.2, 0) is 11.3 Å². The van der Waals surface area contributed by atoms with Crippen LogP contribution in [0, 0.1) is 11.3 Å². The zero-order valence-electron chi connectivity index (χ0n) is 11.9. The molecule has 104 valence electrons. The Hall–Kier alpha value is -1.35. The van der Waals surface area contributed by atoms with E-state index in [-0.39, 0.29) is 17.2 Å². The van der Waals surface area contributed by atoms with Crippen molar-refractivity contribution in [3.05, 3.63) is 29.8 Å². The summed E-state index contributed by atoms with van der Waals surface area (Å²) < 4.78 is 0. The molecule has 2 rings (SSSR count). The third kappa shape index (κ3) is 3.16. The fourth-order valence-corrected chi connectivity index (χ4v) is 3.02. The first-order valence-electron chi connectivity index (χ1n) is 7.13. The number of carbonyl (C=O) groups is 1. The van der Waals surface area contributed by atoms with Crippen LogP contribution in [0.1, 0.15) is 45.1 Å². The maximum atomic E-state index is 12.5. The number of amides is 1. The van der Waals surface area contributed by atoms with Crippen molar-refractivity contribution in [3.8, 4) is 0 Å². The van der Waals surface area contributed by atoms with Gasteiger partial charge in [-0.2, -0.15) is 0 Å². The predicted octanol–water partition coefficient (Wildman–Crippen LogP) is 3.30. The molecular formula is C16H24N2O. The molecule has 1 aliphatic rings. The average Bonchev–Trinajstić information content (AvgIpc) is 2.38. The molecule has 0 heterocycles. The molecule has 19 heavy (non-hydrogen) atoms. The Balaban J connectivity index is 2.12. The normalized spacial score (nSPS) is 21.9. The third-order valence-electron chi connectivity index (χ3n) is 4.32. The van der Waals surface area contributed by atoms with E-state index in [0.717, 1.165) is 30.5 Å². The van der Waals surface area contributed by atoms with Crippen LogP contribution in [0.2, 0.25) is 0 Å². The maximum Gasteiger partial charge on any atom is 0.228 e. The highest BCUT2D eigenvalue weighted by molar-refractivity contribution is 5.93. The lowest BCUT2D eigenvalue weighted by Gasteiger charge is -2.37. The quantitative estimate of drug-likeness (QED) is 0.876. The van der Waals surface area contributed by atoms with Crippen molar-refractivity contribution in [1.82, 2.24) is 0 Å². The van der Waals surface area contributed by atoms with Crippen molar-refractivity contribution in [2.75, 3.05) is 5.32 Å².